The molecule has 0 aliphatic heterocycles. The highest BCUT2D eigenvalue weighted by molar-refractivity contribution is 9.10. The predicted molar refractivity (Wildman–Crippen MR) is 82.0 cm³/mol. The summed E-state index contributed by atoms with van der Waals surface area (Å²) >= 11 is 3.33. The molecule has 1 aliphatic rings. The molecule has 2 unspecified atom stereocenters. The SMILES string of the molecule is CC1CCCC(CNC(=O)c2ccc(Br)c(N)c2)C1. The third-order valence-corrected chi connectivity index (χ3v) is 4.58. The van der Waals surface area contributed by atoms with E-state index in [0.717, 1.165) is 16.9 Å². The van der Waals surface area contributed by atoms with Gasteiger partial charge in [0, 0.05) is 22.3 Å². The van der Waals surface area contributed by atoms with Crippen molar-refractivity contribution in [2.45, 2.75) is 32.6 Å². The fourth-order valence-electron chi connectivity index (χ4n) is 2.77. The average molecular weight is 325 g/mol. The molecular weight excluding hydrogens is 304 g/mol. The maximum atomic E-state index is 12.1. The number of nitrogens with one attached hydrogen (secondary N) is 1. The number of rotatable bonds is 3. The zero-order valence-electron chi connectivity index (χ0n) is 11.3. The maximum Gasteiger partial charge on any atom is 0.251 e. The lowest BCUT2D eigenvalue weighted by Gasteiger charge is -2.26. The summed E-state index contributed by atoms with van der Waals surface area (Å²) in [5.74, 6) is 1.39. The fourth-order valence-corrected chi connectivity index (χ4v) is 3.02. The van der Waals surface area contributed by atoms with E-state index in [1.54, 1.807) is 12.1 Å². The van der Waals surface area contributed by atoms with Crippen LogP contribution >= 0.6 is 15.9 Å². The first kappa shape index (κ1) is 14.4. The van der Waals surface area contributed by atoms with Gasteiger partial charge in [-0.3, -0.25) is 4.79 Å². The van der Waals surface area contributed by atoms with Crippen molar-refractivity contribution in [1.29, 1.82) is 0 Å². The molecule has 3 N–H and O–H groups in total. The average Bonchev–Trinajstić information content (AvgIpc) is 2.39. The minimum absolute atomic E-state index is 0.0302. The van der Waals surface area contributed by atoms with Crippen molar-refractivity contribution < 1.29 is 4.79 Å². The summed E-state index contributed by atoms with van der Waals surface area (Å²) in [6, 6.07) is 5.31. The highest BCUT2D eigenvalue weighted by Crippen LogP contribution is 2.28. The number of benzene rings is 1. The third kappa shape index (κ3) is 3.96. The molecule has 2 rings (SSSR count). The molecule has 0 spiro atoms. The molecule has 1 amide bonds. The lowest BCUT2D eigenvalue weighted by Crippen LogP contribution is -2.31. The Bertz CT molecular complexity index is 461. The number of carbonyl (C=O) groups excluding carboxylic acids is 1. The van der Waals surface area contributed by atoms with Crippen molar-refractivity contribution >= 4 is 27.5 Å². The number of carbonyl (C=O) groups is 1. The molecule has 4 heteroatoms. The van der Waals surface area contributed by atoms with Gasteiger partial charge >= 0.3 is 0 Å². The van der Waals surface area contributed by atoms with E-state index in [2.05, 4.69) is 28.2 Å². The summed E-state index contributed by atoms with van der Waals surface area (Å²) in [7, 11) is 0. The van der Waals surface area contributed by atoms with E-state index >= 15 is 0 Å². The van der Waals surface area contributed by atoms with Crippen molar-refractivity contribution in [2.24, 2.45) is 11.8 Å². The molecule has 0 saturated heterocycles. The fraction of sp³-hybridized carbons (Fsp3) is 0.533. The molecule has 1 aromatic carbocycles. The lowest BCUT2D eigenvalue weighted by atomic mass is 9.82. The Kier molecular flexibility index (Phi) is 4.86. The van der Waals surface area contributed by atoms with Gasteiger partial charge < -0.3 is 11.1 Å². The molecule has 19 heavy (non-hydrogen) atoms. The van der Waals surface area contributed by atoms with E-state index in [1.165, 1.54) is 25.7 Å². The van der Waals surface area contributed by atoms with Gasteiger partial charge in [0.1, 0.15) is 0 Å². The summed E-state index contributed by atoms with van der Waals surface area (Å²) in [5, 5.41) is 3.03. The quantitative estimate of drug-likeness (QED) is 0.835. The molecule has 1 aromatic rings. The van der Waals surface area contributed by atoms with Gasteiger partial charge in [0.15, 0.2) is 0 Å². The largest absolute Gasteiger partial charge is 0.398 e. The van der Waals surface area contributed by atoms with Crippen LogP contribution in [0.5, 0.6) is 0 Å². The second kappa shape index (κ2) is 6.42. The van der Waals surface area contributed by atoms with Crippen molar-refractivity contribution in [3.8, 4) is 0 Å². The third-order valence-electron chi connectivity index (χ3n) is 3.85. The molecule has 0 bridgehead atoms. The maximum absolute atomic E-state index is 12.1. The van der Waals surface area contributed by atoms with Crippen molar-refractivity contribution in [3.63, 3.8) is 0 Å². The predicted octanol–water partition coefficient (Wildman–Crippen LogP) is 3.59. The molecule has 0 heterocycles. The normalized spacial score (nSPS) is 23.1. The summed E-state index contributed by atoms with van der Waals surface area (Å²) < 4.78 is 0.824. The van der Waals surface area contributed by atoms with Crippen LogP contribution in [0.3, 0.4) is 0 Å². The number of anilines is 1. The summed E-state index contributed by atoms with van der Waals surface area (Å²) in [5.41, 5.74) is 7.01. The van der Waals surface area contributed by atoms with Crippen molar-refractivity contribution in [1.82, 2.24) is 5.32 Å². The van der Waals surface area contributed by atoms with E-state index in [0.29, 0.717) is 17.2 Å². The Morgan fingerprint density at radius 2 is 2.26 bits per heavy atom. The van der Waals surface area contributed by atoms with Gasteiger partial charge in [-0.25, -0.2) is 0 Å². The van der Waals surface area contributed by atoms with Crippen LogP contribution in [-0.2, 0) is 0 Å². The Labute approximate surface area is 123 Å². The molecule has 1 aliphatic carbocycles. The van der Waals surface area contributed by atoms with Crippen LogP contribution in [0.15, 0.2) is 22.7 Å². The van der Waals surface area contributed by atoms with Crippen LogP contribution in [0.1, 0.15) is 43.0 Å². The molecule has 104 valence electrons. The van der Waals surface area contributed by atoms with E-state index < -0.39 is 0 Å². The topological polar surface area (TPSA) is 55.1 Å². The van der Waals surface area contributed by atoms with E-state index in [-0.39, 0.29) is 5.91 Å². The molecule has 3 nitrogen and oxygen atoms in total. The molecule has 0 aromatic heterocycles. The first-order chi connectivity index (χ1) is 9.06. The van der Waals surface area contributed by atoms with Gasteiger partial charge in [0.25, 0.3) is 5.91 Å². The van der Waals surface area contributed by atoms with E-state index in [1.807, 2.05) is 6.07 Å². The Morgan fingerprint density at radius 3 is 2.95 bits per heavy atom. The minimum Gasteiger partial charge on any atom is -0.398 e. The zero-order chi connectivity index (χ0) is 13.8. The second-order valence-electron chi connectivity index (χ2n) is 5.58. The van der Waals surface area contributed by atoms with Crippen LogP contribution in [0.4, 0.5) is 5.69 Å². The number of halogens is 1. The molecule has 0 radical (unpaired) electrons. The Balaban J connectivity index is 1.88. The molecule has 2 atom stereocenters. The van der Waals surface area contributed by atoms with Crippen LogP contribution in [-0.4, -0.2) is 12.5 Å². The van der Waals surface area contributed by atoms with Gasteiger partial charge in [-0.05, 0) is 58.8 Å². The summed E-state index contributed by atoms with van der Waals surface area (Å²) in [4.78, 5) is 12.1. The summed E-state index contributed by atoms with van der Waals surface area (Å²) in [6.45, 7) is 3.07. The van der Waals surface area contributed by atoms with Crippen molar-refractivity contribution in [2.75, 3.05) is 12.3 Å². The smallest absolute Gasteiger partial charge is 0.251 e. The van der Waals surface area contributed by atoms with Gasteiger partial charge in [-0.1, -0.05) is 19.8 Å². The highest BCUT2D eigenvalue weighted by Gasteiger charge is 2.19. The molecule has 1 saturated carbocycles. The van der Waals surface area contributed by atoms with Crippen LogP contribution in [0.2, 0.25) is 0 Å². The Morgan fingerprint density at radius 1 is 1.47 bits per heavy atom. The molecular formula is C15H21BrN2O. The van der Waals surface area contributed by atoms with E-state index in [4.69, 9.17) is 5.73 Å². The standard InChI is InChI=1S/C15H21BrN2O/c1-10-3-2-4-11(7-10)9-18-15(19)12-5-6-13(16)14(17)8-12/h5-6,8,10-11H,2-4,7,9,17H2,1H3,(H,18,19). The lowest BCUT2D eigenvalue weighted by molar-refractivity contribution is 0.0940. The minimum atomic E-state index is -0.0302. The van der Waals surface area contributed by atoms with Crippen LogP contribution in [0, 0.1) is 11.8 Å². The summed E-state index contributed by atoms with van der Waals surface area (Å²) in [6.07, 6.45) is 5.07. The number of nitrogen functional groups attached to an aromatic ring is 1. The number of nitrogens with two attached hydrogens (primary N) is 1. The number of hydrogen-bond donors (Lipinski definition) is 2. The number of amides is 1. The van der Waals surface area contributed by atoms with Gasteiger partial charge in [-0.15, -0.1) is 0 Å². The number of hydrogen-bond acceptors (Lipinski definition) is 2. The van der Waals surface area contributed by atoms with Gasteiger partial charge in [0.2, 0.25) is 0 Å². The van der Waals surface area contributed by atoms with Gasteiger partial charge in [-0.2, -0.15) is 0 Å². The first-order valence-electron chi connectivity index (χ1n) is 6.89. The van der Waals surface area contributed by atoms with E-state index in [9.17, 15) is 4.79 Å². The van der Waals surface area contributed by atoms with Crippen molar-refractivity contribution in [3.05, 3.63) is 28.2 Å². The van der Waals surface area contributed by atoms with Crippen LogP contribution in [0.25, 0.3) is 0 Å². The van der Waals surface area contributed by atoms with Crippen LogP contribution < -0.4 is 11.1 Å². The van der Waals surface area contributed by atoms with Gasteiger partial charge in [0.05, 0.1) is 0 Å². The highest BCUT2D eigenvalue weighted by atomic mass is 79.9. The monoisotopic (exact) mass is 324 g/mol. The Hall–Kier alpha value is -1.03. The molecule has 1 fully saturated rings. The second-order valence-corrected chi connectivity index (χ2v) is 6.44. The first-order valence-corrected chi connectivity index (χ1v) is 7.68. The zero-order valence-corrected chi connectivity index (χ0v) is 12.9.